The molecule has 0 spiro atoms. The monoisotopic (exact) mass is 2230 g/mol. The molecule has 0 unspecified atom stereocenters. The van der Waals surface area contributed by atoms with Crippen LogP contribution in [-0.2, 0) is 71.5 Å². The molecular weight excluding hydrogens is 2060 g/mol. The van der Waals surface area contributed by atoms with E-state index in [2.05, 4.69) is 58.5 Å². The van der Waals surface area contributed by atoms with Crippen molar-refractivity contribution in [3.05, 3.63) is 35.3 Å². The molecule has 820 valence electrons. The van der Waals surface area contributed by atoms with E-state index in [4.69, 9.17) is 85.5 Å². The van der Waals surface area contributed by atoms with Crippen LogP contribution in [0.15, 0.2) is 34.7 Å². The molecule has 0 bridgehead atoms. The predicted octanol–water partition coefficient (Wildman–Crippen LogP) is 21.8. The van der Waals surface area contributed by atoms with Gasteiger partial charge in [-0.25, -0.2) is 51.8 Å². The topological polar surface area (TPSA) is 458 Å². The smallest absolute Gasteiger partial charge is 0 e. The fraction of sp³-hybridized carbons (Fsp3) is 0.794. The average molecular weight is 2230 g/mol. The van der Waals surface area contributed by atoms with Gasteiger partial charge in [-0.3, -0.25) is 4.72 Å². The first-order chi connectivity index (χ1) is 64.8. The number of anilines is 2. The van der Waals surface area contributed by atoms with Gasteiger partial charge in [-0.15, -0.1) is 11.3 Å². The van der Waals surface area contributed by atoms with E-state index in [1.807, 2.05) is 136 Å². The third kappa shape index (κ3) is 70.2. The molecule has 2 aromatic rings. The Morgan fingerprint density at radius 2 is 0.930 bits per heavy atom. The standard InChI is InChI=1S/C19H26F3N5O2S2.C19H37N3O4.C19H33N3O4.C15H26N2O2.C10H20N2O2.C10H18O5.C4H6BrN.CH4.B.2ClH.Na.Ni/c20-19(21,22)16-12-15(31(28,29)27-18-26-10-11-30-18)5-6-17(16)25-8-2-1-7-23-13-14-4-3-9-24-14;2*1-18(2,3)25-16(23)21(12-8-7-11-20)14-15-10-9-13-22(15)17(24)26-19(4,5)6;1-15(2,3)19-14(18)17-12-8-10-13(17)9-6-4-5-7-11-16;1-10(2,3)14-9(13)12-6-4-5-8(12)7-11;1-9(2,3)14-7(11)13-8(12)15-10(4,5)6;5-3-1-2-4-6;;;;;;/h5-6,10-12,14,23-25H,1-4,7-9,13H2,(H,26,27);15H,7-14,20H2,1-6H3;15H,7-10,12-14H2,1-6H3;13H,4-10,12H2,1-3H3;8H,4-7,11H2,1-3H3;1-6H3;1-3H2;1H4;;2*1H;;/q;;;;;;;;;;;;+2/p-2/t14-;2*15-;13-;8-;;;;;;;;/m00010......../s1. The third-order valence-electron chi connectivity index (χ3n) is 19.7. The van der Waals surface area contributed by atoms with Crippen molar-refractivity contribution in [1.29, 1.82) is 15.8 Å². The number of carbonyl (C=O) groups excluding carboxylic acids is 8. The van der Waals surface area contributed by atoms with Gasteiger partial charge < -0.3 is 99.4 Å². The Bertz CT molecular complexity index is 4170. The summed E-state index contributed by atoms with van der Waals surface area (Å²) < 4.78 is 114. The zero-order valence-corrected chi connectivity index (χ0v) is 96.7. The van der Waals surface area contributed by atoms with Crippen LogP contribution in [0, 0.1) is 34.0 Å². The number of nitrogens with two attached hydrogens (primary N) is 2. The third-order valence-corrected chi connectivity index (χ3v) is 22.4. The Kier molecular flexibility index (Phi) is 71.9. The van der Waals surface area contributed by atoms with Gasteiger partial charge >= 0.3 is 88.1 Å². The predicted molar refractivity (Wildman–Crippen MR) is 558 cm³/mol. The largest absolute Gasteiger partial charge is 0 e. The van der Waals surface area contributed by atoms with Crippen molar-refractivity contribution < 1.29 is 115 Å². The van der Waals surface area contributed by atoms with Crippen LogP contribution in [0.5, 0.6) is 0 Å². The van der Waals surface area contributed by atoms with Crippen molar-refractivity contribution in [2.24, 2.45) is 11.5 Å². The van der Waals surface area contributed by atoms with Crippen molar-refractivity contribution in [1.82, 2.24) is 45.0 Å². The summed E-state index contributed by atoms with van der Waals surface area (Å²) in [5.74, 6) is 0. The molecule has 0 saturated carbocycles. The number of nitrogens with zero attached hydrogens (tertiary/aromatic N) is 10. The summed E-state index contributed by atoms with van der Waals surface area (Å²) in [5.41, 5.74) is 5.54. The van der Waals surface area contributed by atoms with E-state index in [0.29, 0.717) is 122 Å². The summed E-state index contributed by atoms with van der Waals surface area (Å²) >= 11 is 4.81. The second-order valence-electron chi connectivity index (χ2n) is 41.8. The molecule has 5 fully saturated rings. The number of unbranched alkanes of at least 4 members (excludes halogenated alkanes) is 7. The van der Waals surface area contributed by atoms with E-state index >= 15 is 0 Å². The number of likely N-dealkylation sites (tertiary alicyclic amines) is 4. The number of thiazole rings is 1. The van der Waals surface area contributed by atoms with Crippen molar-refractivity contribution >= 4 is 155 Å². The number of ether oxygens (including phenoxy) is 9. The van der Waals surface area contributed by atoms with E-state index in [-0.39, 0.29) is 105 Å². The molecule has 143 heavy (non-hydrogen) atoms. The van der Waals surface area contributed by atoms with Crippen molar-refractivity contribution in [2.45, 2.75) is 407 Å². The van der Waals surface area contributed by atoms with Crippen LogP contribution >= 0.6 is 47.7 Å². The molecule has 5 atom stereocenters. The van der Waals surface area contributed by atoms with Gasteiger partial charge in [0, 0.05) is 170 Å². The number of nitriles is 3. The summed E-state index contributed by atoms with van der Waals surface area (Å²) in [7, 11) is 5.23. The minimum absolute atomic E-state index is 0. The zero-order chi connectivity index (χ0) is 107. The summed E-state index contributed by atoms with van der Waals surface area (Å²) in [6, 6.07) is 10.1. The summed E-state index contributed by atoms with van der Waals surface area (Å²) in [6.45, 7) is 52.4. The molecule has 7 rings (SSSR count). The number of alkyl halides is 4. The Labute approximate surface area is 903 Å². The average Bonchev–Trinajstić information content (AvgIpc) is 1.35. The van der Waals surface area contributed by atoms with Crippen LogP contribution in [0.3, 0.4) is 0 Å². The normalized spacial score (nSPS) is 16.6. The van der Waals surface area contributed by atoms with Gasteiger partial charge in [-0.1, -0.05) is 36.2 Å². The minimum Gasteiger partial charge on any atom is 0 e. The van der Waals surface area contributed by atoms with Crippen molar-refractivity contribution in [2.75, 3.05) is 107 Å². The van der Waals surface area contributed by atoms with Gasteiger partial charge in [-0.2, -0.15) is 29.0 Å². The van der Waals surface area contributed by atoms with E-state index in [1.54, 1.807) is 71.4 Å². The van der Waals surface area contributed by atoms with Crippen LogP contribution in [0.2, 0.25) is 0 Å². The quantitative estimate of drug-likeness (QED) is 0.0106. The molecule has 5 saturated heterocycles. The number of carbonyl (C=O) groups is 8. The first-order valence-electron chi connectivity index (χ1n) is 48.1. The van der Waals surface area contributed by atoms with Gasteiger partial charge in [0.05, 0.1) is 40.8 Å². The van der Waals surface area contributed by atoms with Crippen LogP contribution < -0.4 is 32.1 Å². The van der Waals surface area contributed by atoms with Crippen molar-refractivity contribution in [3.63, 3.8) is 0 Å². The SMILES string of the molecule is C.CC(C)(C)OC(=O)N(CCCC#N)C[C@@H]1CCCN1C(=O)OC(C)(C)C.CC(C)(C)OC(=O)N(CCCCN)C[C@@H]1CCCN1C(=O)OC(C)(C)C.CC(C)(C)OC(=O)N1CCC[C@H]1CCCCCC#N.CC(C)(C)OC(=O)N1CCC[C@H]1CN.CC(C)(C)OC(=O)OC(=O)OC(C)(C)C.N#CCCCBr.O=S(=O)(Nc1nccs1)c1ccc(NCCCCNC[C@@H]2CCCN2)c(C(F)(F)F)c1.[B].[Cl][Ni][Cl].[Na]. The van der Waals surface area contributed by atoms with Gasteiger partial charge in [0.25, 0.3) is 10.0 Å². The van der Waals surface area contributed by atoms with Gasteiger partial charge in [0.2, 0.25) is 0 Å². The molecule has 46 heteroatoms. The minimum atomic E-state index is -4.69. The van der Waals surface area contributed by atoms with E-state index < -0.39 is 89.9 Å². The Morgan fingerprint density at radius 3 is 1.30 bits per heavy atom. The maximum atomic E-state index is 13.5. The fourth-order valence-electron chi connectivity index (χ4n) is 13.8. The molecule has 0 aliphatic carbocycles. The molecule has 1 aromatic carbocycles. The van der Waals surface area contributed by atoms with Crippen LogP contribution in [-0.4, -0.2) is 302 Å². The number of nitrogens with one attached hydrogen (secondary N) is 4. The van der Waals surface area contributed by atoms with E-state index in [1.165, 1.54) is 19.0 Å². The zero-order valence-electron chi connectivity index (χ0n) is 89.0. The van der Waals surface area contributed by atoms with Gasteiger partial charge in [-0.05, 0) is 320 Å². The second kappa shape index (κ2) is 72.0. The number of hydrogen-bond acceptors (Lipinski definition) is 29. The van der Waals surface area contributed by atoms with Gasteiger partial charge in [0.1, 0.15) is 44.8 Å². The molecule has 35 nitrogen and oxygen atoms in total. The molecular formula is C97H170BBrCl2F3N16NaNiO19S2. The maximum absolute atomic E-state index is 13.5. The second-order valence-corrected chi connectivity index (χ2v) is 46.8. The Balaban J connectivity index is -0.000000807. The number of rotatable bonds is 30. The molecule has 5 aliphatic heterocycles. The number of aromatic nitrogens is 1. The van der Waals surface area contributed by atoms with Crippen LogP contribution in [0.25, 0.3) is 0 Å². The number of benzene rings is 1. The summed E-state index contributed by atoms with van der Waals surface area (Å²) in [4.78, 5) is 109. The summed E-state index contributed by atoms with van der Waals surface area (Å²) in [5, 5.41) is 37.3. The fourth-order valence-corrected chi connectivity index (χ4v) is 15.9. The molecule has 6 amide bonds. The molecule has 4 radical (unpaired) electrons. The van der Waals surface area contributed by atoms with Crippen molar-refractivity contribution in [3.8, 4) is 18.2 Å². The molecule has 5 aliphatic rings. The molecule has 1 aromatic heterocycles. The van der Waals surface area contributed by atoms with Crippen LogP contribution in [0.1, 0.15) is 327 Å². The number of amides is 6. The molecule has 6 heterocycles. The van der Waals surface area contributed by atoms with Crippen LogP contribution in [0.4, 0.5) is 62.3 Å². The first-order valence-corrected chi connectivity index (χ1v) is 54.3. The Hall–Kier alpha value is -6.52. The van der Waals surface area contributed by atoms with E-state index in [0.717, 1.165) is 164 Å². The number of sulfonamides is 1. The molecule has 8 N–H and O–H groups in total. The maximum Gasteiger partial charge on any atom is 0 e. The number of halogens is 6. The summed E-state index contributed by atoms with van der Waals surface area (Å²) in [6.07, 6.45) is 13.3. The number of hydrogen-bond donors (Lipinski definition) is 6. The van der Waals surface area contributed by atoms with Gasteiger partial charge in [0.15, 0.2) is 5.13 Å². The van der Waals surface area contributed by atoms with E-state index in [9.17, 15) is 59.9 Å². The Morgan fingerprint density at radius 1 is 0.538 bits per heavy atom. The first kappa shape index (κ1) is 143.